The lowest BCUT2D eigenvalue weighted by molar-refractivity contribution is 0.102. The number of benzene rings is 3. The molecule has 3 heterocycles. The van der Waals surface area contributed by atoms with Crippen molar-refractivity contribution in [3.8, 4) is 17.5 Å². The van der Waals surface area contributed by atoms with Gasteiger partial charge in [-0.1, -0.05) is 30.3 Å². The highest BCUT2D eigenvalue weighted by Crippen LogP contribution is 2.28. The van der Waals surface area contributed by atoms with Crippen LogP contribution in [0.25, 0.3) is 33.7 Å². The van der Waals surface area contributed by atoms with Crippen molar-refractivity contribution in [3.63, 3.8) is 0 Å². The summed E-state index contributed by atoms with van der Waals surface area (Å²) < 4.78 is 11.6. The molecule has 0 spiro atoms. The standard InChI is InChI=1S/C25H17N7O3/c33-24(27-20-6-3-7-21-22(20)35-25(28-21)23-29-31-32-30-23)16-9-12-18(13-10-16)34-14-17-11-8-15-4-1-2-5-19(15)26-17/h1-13H,14H2,(H,27,33)(H,29,30,31,32). The number of hydrogen-bond donors (Lipinski definition) is 2. The van der Waals surface area contributed by atoms with Gasteiger partial charge in [-0.15, -0.1) is 5.10 Å². The van der Waals surface area contributed by atoms with E-state index in [1.165, 1.54) is 0 Å². The van der Waals surface area contributed by atoms with E-state index in [0.717, 1.165) is 16.6 Å². The third-order valence-corrected chi connectivity index (χ3v) is 5.37. The van der Waals surface area contributed by atoms with Gasteiger partial charge in [-0.3, -0.25) is 4.79 Å². The van der Waals surface area contributed by atoms with Gasteiger partial charge in [-0.25, -0.2) is 15.1 Å². The van der Waals surface area contributed by atoms with E-state index >= 15 is 0 Å². The molecule has 0 aliphatic rings. The lowest BCUT2D eigenvalue weighted by Gasteiger charge is -2.08. The molecular formula is C25H17N7O3. The Kier molecular flexibility index (Phi) is 5.08. The number of carbonyl (C=O) groups is 1. The number of nitrogens with one attached hydrogen (secondary N) is 2. The molecule has 0 radical (unpaired) electrons. The van der Waals surface area contributed by atoms with Crippen LogP contribution in [0, 0.1) is 0 Å². The maximum atomic E-state index is 12.8. The highest BCUT2D eigenvalue weighted by molar-refractivity contribution is 6.07. The number of nitrogens with zero attached hydrogens (tertiary/aromatic N) is 5. The normalized spacial score (nSPS) is 11.1. The summed E-state index contributed by atoms with van der Waals surface area (Å²) in [6.45, 7) is 0.326. The van der Waals surface area contributed by atoms with Crippen LogP contribution in [0.2, 0.25) is 0 Å². The third-order valence-electron chi connectivity index (χ3n) is 5.37. The van der Waals surface area contributed by atoms with Crippen LogP contribution in [-0.2, 0) is 6.61 Å². The molecule has 2 N–H and O–H groups in total. The van der Waals surface area contributed by atoms with Gasteiger partial charge in [0.25, 0.3) is 11.8 Å². The molecule has 0 aliphatic heterocycles. The van der Waals surface area contributed by atoms with Gasteiger partial charge in [0.15, 0.2) is 5.58 Å². The molecule has 3 aromatic carbocycles. The Morgan fingerprint density at radius 2 is 1.77 bits per heavy atom. The average Bonchev–Trinajstić information content (AvgIpc) is 3.58. The summed E-state index contributed by atoms with van der Waals surface area (Å²) in [6.07, 6.45) is 0. The van der Waals surface area contributed by atoms with Crippen LogP contribution in [0.4, 0.5) is 5.69 Å². The van der Waals surface area contributed by atoms with Crippen molar-refractivity contribution in [1.29, 1.82) is 0 Å². The first-order chi connectivity index (χ1) is 17.2. The topological polar surface area (TPSA) is 132 Å². The first kappa shape index (κ1) is 20.5. The summed E-state index contributed by atoms with van der Waals surface area (Å²) >= 11 is 0. The fraction of sp³-hybridized carbons (Fsp3) is 0.0400. The second kappa shape index (κ2) is 8.67. The molecule has 0 aliphatic carbocycles. The number of carbonyl (C=O) groups excluding carboxylic acids is 1. The lowest BCUT2D eigenvalue weighted by Crippen LogP contribution is -2.11. The number of aromatic amines is 1. The average molecular weight is 463 g/mol. The number of tetrazole rings is 1. The van der Waals surface area contributed by atoms with E-state index in [9.17, 15) is 4.79 Å². The van der Waals surface area contributed by atoms with E-state index in [0.29, 0.717) is 40.5 Å². The molecule has 6 rings (SSSR count). The van der Waals surface area contributed by atoms with E-state index < -0.39 is 0 Å². The molecular weight excluding hydrogens is 446 g/mol. The van der Waals surface area contributed by atoms with Crippen LogP contribution >= 0.6 is 0 Å². The zero-order valence-electron chi connectivity index (χ0n) is 18.2. The second-order valence-corrected chi connectivity index (χ2v) is 7.69. The molecule has 0 saturated carbocycles. The van der Waals surface area contributed by atoms with Crippen LogP contribution in [0.5, 0.6) is 5.75 Å². The third kappa shape index (κ3) is 4.15. The first-order valence-electron chi connectivity index (χ1n) is 10.8. The number of para-hydroxylation sites is 2. The van der Waals surface area contributed by atoms with Gasteiger partial charge in [0.05, 0.1) is 16.9 Å². The highest BCUT2D eigenvalue weighted by atomic mass is 16.5. The van der Waals surface area contributed by atoms with Crippen LogP contribution in [0.3, 0.4) is 0 Å². The Bertz CT molecular complexity index is 1640. The van der Waals surface area contributed by atoms with E-state index in [1.807, 2.05) is 36.4 Å². The number of pyridine rings is 1. The van der Waals surface area contributed by atoms with Crippen LogP contribution in [-0.4, -0.2) is 36.5 Å². The van der Waals surface area contributed by atoms with Crippen molar-refractivity contribution < 1.29 is 13.9 Å². The minimum atomic E-state index is -0.292. The van der Waals surface area contributed by atoms with E-state index in [-0.39, 0.29) is 11.8 Å². The Morgan fingerprint density at radius 3 is 2.63 bits per heavy atom. The number of anilines is 1. The number of aromatic nitrogens is 6. The van der Waals surface area contributed by atoms with Crippen LogP contribution in [0.1, 0.15) is 16.1 Å². The number of fused-ring (bicyclic) bond motifs is 2. The van der Waals surface area contributed by atoms with Crippen LogP contribution < -0.4 is 10.1 Å². The van der Waals surface area contributed by atoms with Gasteiger partial charge in [-0.2, -0.15) is 0 Å². The second-order valence-electron chi connectivity index (χ2n) is 7.69. The van der Waals surface area contributed by atoms with Crippen LogP contribution in [0.15, 0.2) is 83.3 Å². The molecule has 3 aromatic heterocycles. The molecule has 0 unspecified atom stereocenters. The number of H-pyrrole nitrogens is 1. The number of rotatable bonds is 6. The molecule has 0 fully saturated rings. The van der Waals surface area contributed by atoms with Gasteiger partial charge < -0.3 is 14.5 Å². The van der Waals surface area contributed by atoms with Gasteiger partial charge in [0.1, 0.15) is 17.9 Å². The SMILES string of the molecule is O=C(Nc1cccc2nc(-c3nnn[nH]3)oc12)c1ccc(OCc2ccc3ccccc3n2)cc1. The van der Waals surface area contributed by atoms with E-state index in [4.69, 9.17) is 9.15 Å². The monoisotopic (exact) mass is 463 g/mol. The van der Waals surface area contributed by atoms with Gasteiger partial charge in [0.2, 0.25) is 5.82 Å². The maximum Gasteiger partial charge on any atom is 0.267 e. The molecule has 0 bridgehead atoms. The Hall–Kier alpha value is -5.12. The zero-order valence-corrected chi connectivity index (χ0v) is 18.2. The molecule has 0 saturated heterocycles. The summed E-state index contributed by atoms with van der Waals surface area (Å²) in [5.41, 5.74) is 3.70. The molecule has 10 heteroatoms. The number of amides is 1. The molecule has 0 atom stereocenters. The van der Waals surface area contributed by atoms with Crippen molar-refractivity contribution in [1.82, 2.24) is 30.6 Å². The zero-order chi connectivity index (χ0) is 23.6. The van der Waals surface area contributed by atoms with Crippen molar-refractivity contribution >= 4 is 33.6 Å². The van der Waals surface area contributed by atoms with Gasteiger partial charge >= 0.3 is 0 Å². The van der Waals surface area contributed by atoms with Gasteiger partial charge in [-0.05, 0) is 59.0 Å². The largest absolute Gasteiger partial charge is 0.487 e. The maximum absolute atomic E-state index is 12.8. The summed E-state index contributed by atoms with van der Waals surface area (Å²) in [6, 6.07) is 24.1. The molecule has 170 valence electrons. The molecule has 10 nitrogen and oxygen atoms in total. The fourth-order valence-corrected chi connectivity index (χ4v) is 3.64. The fourth-order valence-electron chi connectivity index (χ4n) is 3.64. The Labute approximate surface area is 198 Å². The van der Waals surface area contributed by atoms with Crippen molar-refractivity contribution in [2.24, 2.45) is 0 Å². The van der Waals surface area contributed by atoms with E-state index in [1.54, 1.807) is 42.5 Å². The Morgan fingerprint density at radius 1 is 0.914 bits per heavy atom. The minimum absolute atomic E-state index is 0.231. The first-order valence-corrected chi connectivity index (χ1v) is 10.8. The smallest absolute Gasteiger partial charge is 0.267 e. The molecule has 1 amide bonds. The Balaban J connectivity index is 1.14. The summed E-state index contributed by atoms with van der Waals surface area (Å²) in [4.78, 5) is 21.8. The van der Waals surface area contributed by atoms with Gasteiger partial charge in [0, 0.05) is 10.9 Å². The number of oxazole rings is 1. The summed E-state index contributed by atoms with van der Waals surface area (Å²) in [7, 11) is 0. The highest BCUT2D eigenvalue weighted by Gasteiger charge is 2.16. The predicted octanol–water partition coefficient (Wildman–Crippen LogP) is 4.39. The van der Waals surface area contributed by atoms with E-state index in [2.05, 4.69) is 35.9 Å². The van der Waals surface area contributed by atoms with Crippen molar-refractivity contribution in [2.45, 2.75) is 6.61 Å². The predicted molar refractivity (Wildman–Crippen MR) is 128 cm³/mol. The summed E-state index contributed by atoms with van der Waals surface area (Å²) in [5.74, 6) is 0.876. The number of ether oxygens (including phenoxy) is 1. The summed E-state index contributed by atoms with van der Waals surface area (Å²) in [5, 5.41) is 17.4. The molecule has 35 heavy (non-hydrogen) atoms. The minimum Gasteiger partial charge on any atom is -0.487 e. The molecule has 6 aromatic rings. The van der Waals surface area contributed by atoms with Crippen molar-refractivity contribution in [3.05, 3.63) is 90.1 Å². The lowest BCUT2D eigenvalue weighted by atomic mass is 10.2. The quantitative estimate of drug-likeness (QED) is 0.372. The van der Waals surface area contributed by atoms with Crippen molar-refractivity contribution in [2.75, 3.05) is 5.32 Å². The number of hydrogen-bond acceptors (Lipinski definition) is 8.